The monoisotopic (exact) mass is 353 g/mol. The molecule has 0 saturated heterocycles. The first-order valence-corrected chi connectivity index (χ1v) is 7.70. The van der Waals surface area contributed by atoms with E-state index in [1.54, 1.807) is 31.2 Å². The van der Waals surface area contributed by atoms with Crippen LogP contribution >= 0.6 is 11.6 Å². The third-order valence-corrected chi connectivity index (χ3v) is 3.40. The van der Waals surface area contributed by atoms with Crippen LogP contribution in [-0.4, -0.2) is 35.8 Å². The Hall–Kier alpha value is -2.47. The van der Waals surface area contributed by atoms with E-state index in [1.165, 1.54) is 23.1 Å². The summed E-state index contributed by atoms with van der Waals surface area (Å²) in [6, 6.07) is 10.7. The zero-order valence-corrected chi connectivity index (χ0v) is 13.8. The highest BCUT2D eigenvalue weighted by atomic mass is 35.5. The van der Waals surface area contributed by atoms with E-state index in [2.05, 4.69) is 0 Å². The fraction of sp³-hybridized carbons (Fsp3) is 0.235. The minimum Gasteiger partial charge on any atom is -0.492 e. The molecule has 0 bridgehead atoms. The Balaban J connectivity index is 1.89. The van der Waals surface area contributed by atoms with Gasteiger partial charge in [-0.15, -0.1) is 0 Å². The van der Waals surface area contributed by atoms with Gasteiger partial charge in [0.1, 0.15) is 29.7 Å². The summed E-state index contributed by atoms with van der Waals surface area (Å²) in [5, 5.41) is 9.16. The van der Waals surface area contributed by atoms with E-state index in [-0.39, 0.29) is 18.2 Å². The lowest BCUT2D eigenvalue weighted by atomic mass is 10.3. The number of benzene rings is 2. The topological polar surface area (TPSA) is 59.0 Å². The van der Waals surface area contributed by atoms with Crippen molar-refractivity contribution in [3.8, 4) is 17.2 Å². The maximum Gasteiger partial charge on any atom is 0.407 e. The number of carboxylic acid groups (broad SMARTS) is 1. The molecule has 0 aliphatic carbocycles. The summed E-state index contributed by atoms with van der Waals surface area (Å²) in [6.07, 6.45) is -0.974. The number of nitrogens with zero attached hydrogens (tertiary/aromatic N) is 1. The highest BCUT2D eigenvalue weighted by Gasteiger charge is 2.08. The van der Waals surface area contributed by atoms with Crippen molar-refractivity contribution in [1.82, 2.24) is 4.90 Å². The Morgan fingerprint density at radius 1 is 1.17 bits per heavy atom. The van der Waals surface area contributed by atoms with Crippen molar-refractivity contribution in [2.75, 3.05) is 19.7 Å². The van der Waals surface area contributed by atoms with Crippen LogP contribution in [0.3, 0.4) is 0 Å². The molecule has 1 N–H and O–H groups in total. The second kappa shape index (κ2) is 8.40. The van der Waals surface area contributed by atoms with Crippen LogP contribution in [0.5, 0.6) is 17.2 Å². The zero-order chi connectivity index (χ0) is 17.5. The summed E-state index contributed by atoms with van der Waals surface area (Å²) < 4.78 is 24.3. The van der Waals surface area contributed by atoms with Gasteiger partial charge in [-0.2, -0.15) is 0 Å². The van der Waals surface area contributed by atoms with Crippen LogP contribution in [0, 0.1) is 5.82 Å². The van der Waals surface area contributed by atoms with Crippen molar-refractivity contribution in [2.45, 2.75) is 6.92 Å². The number of carbonyl (C=O) groups is 1. The minimum absolute atomic E-state index is 0.250. The van der Waals surface area contributed by atoms with Gasteiger partial charge in [-0.3, -0.25) is 0 Å². The SMILES string of the molecule is CCN(CCOc1ccc(Oc2cc(F)cc(Cl)c2)cc1)C(=O)O. The maximum absolute atomic E-state index is 13.3. The predicted molar refractivity (Wildman–Crippen MR) is 88.7 cm³/mol. The number of rotatable bonds is 7. The van der Waals surface area contributed by atoms with Gasteiger partial charge in [0.15, 0.2) is 0 Å². The molecule has 0 aliphatic heterocycles. The number of likely N-dealkylation sites (N-methyl/N-ethyl adjacent to an activating group) is 1. The normalized spacial score (nSPS) is 10.3. The van der Waals surface area contributed by atoms with Gasteiger partial charge in [0.2, 0.25) is 0 Å². The van der Waals surface area contributed by atoms with E-state index in [1.807, 2.05) is 0 Å². The highest BCUT2D eigenvalue weighted by molar-refractivity contribution is 6.30. The van der Waals surface area contributed by atoms with Crippen LogP contribution in [0.4, 0.5) is 9.18 Å². The molecule has 0 radical (unpaired) electrons. The van der Waals surface area contributed by atoms with Crippen molar-refractivity contribution in [2.24, 2.45) is 0 Å². The molecule has 0 spiro atoms. The lowest BCUT2D eigenvalue weighted by Gasteiger charge is -2.17. The number of hydrogen-bond donors (Lipinski definition) is 1. The van der Waals surface area contributed by atoms with Crippen LogP contribution in [0.15, 0.2) is 42.5 Å². The standard InChI is InChI=1S/C17H17ClFNO4/c1-2-20(17(21)22)7-8-23-14-3-5-15(6-4-14)24-16-10-12(18)9-13(19)11-16/h3-6,9-11H,2,7-8H2,1H3,(H,21,22). The van der Waals surface area contributed by atoms with E-state index < -0.39 is 11.9 Å². The average molecular weight is 354 g/mol. The van der Waals surface area contributed by atoms with Gasteiger partial charge in [-0.25, -0.2) is 9.18 Å². The smallest absolute Gasteiger partial charge is 0.407 e. The van der Waals surface area contributed by atoms with E-state index in [0.717, 1.165) is 0 Å². The molecular formula is C17H17ClFNO4. The number of ether oxygens (including phenoxy) is 2. The first-order chi connectivity index (χ1) is 11.5. The van der Waals surface area contributed by atoms with Gasteiger partial charge in [0.05, 0.1) is 6.54 Å². The van der Waals surface area contributed by atoms with Gasteiger partial charge in [-0.05, 0) is 43.3 Å². The highest BCUT2D eigenvalue weighted by Crippen LogP contribution is 2.27. The average Bonchev–Trinajstić information content (AvgIpc) is 2.52. The summed E-state index contributed by atoms with van der Waals surface area (Å²) in [7, 11) is 0. The Kier molecular flexibility index (Phi) is 6.26. The van der Waals surface area contributed by atoms with Crippen LogP contribution in [0.25, 0.3) is 0 Å². The second-order valence-electron chi connectivity index (χ2n) is 4.89. The summed E-state index contributed by atoms with van der Waals surface area (Å²) in [4.78, 5) is 12.1. The molecule has 7 heteroatoms. The molecule has 0 aromatic heterocycles. The third-order valence-electron chi connectivity index (χ3n) is 3.18. The van der Waals surface area contributed by atoms with Gasteiger partial charge >= 0.3 is 6.09 Å². The quantitative estimate of drug-likeness (QED) is 0.787. The molecule has 0 fully saturated rings. The lowest BCUT2D eigenvalue weighted by molar-refractivity contribution is 0.138. The summed E-state index contributed by atoms with van der Waals surface area (Å²) in [5.74, 6) is 0.913. The molecule has 0 heterocycles. The molecular weight excluding hydrogens is 337 g/mol. The first-order valence-electron chi connectivity index (χ1n) is 7.32. The number of hydrogen-bond acceptors (Lipinski definition) is 3. The third kappa shape index (κ3) is 5.31. The van der Waals surface area contributed by atoms with Crippen LogP contribution in [-0.2, 0) is 0 Å². The fourth-order valence-corrected chi connectivity index (χ4v) is 2.20. The minimum atomic E-state index is -0.974. The van der Waals surface area contributed by atoms with Crippen LogP contribution < -0.4 is 9.47 Å². The molecule has 1 amide bonds. The van der Waals surface area contributed by atoms with E-state index in [9.17, 15) is 9.18 Å². The summed E-state index contributed by atoms with van der Waals surface area (Å²) in [6.45, 7) is 2.70. The van der Waals surface area contributed by atoms with Crippen molar-refractivity contribution in [3.63, 3.8) is 0 Å². The maximum atomic E-state index is 13.3. The van der Waals surface area contributed by atoms with Gasteiger partial charge in [-0.1, -0.05) is 11.6 Å². The molecule has 0 unspecified atom stereocenters. The van der Waals surface area contributed by atoms with Crippen molar-refractivity contribution in [1.29, 1.82) is 0 Å². The first kappa shape index (κ1) is 17.9. The van der Waals surface area contributed by atoms with E-state index >= 15 is 0 Å². The summed E-state index contributed by atoms with van der Waals surface area (Å²) >= 11 is 5.77. The molecule has 24 heavy (non-hydrogen) atoms. The van der Waals surface area contributed by atoms with Crippen molar-refractivity contribution in [3.05, 3.63) is 53.3 Å². The van der Waals surface area contributed by atoms with Crippen LogP contribution in [0.1, 0.15) is 6.92 Å². The Morgan fingerprint density at radius 3 is 2.42 bits per heavy atom. The lowest BCUT2D eigenvalue weighted by Crippen LogP contribution is -2.33. The molecule has 0 saturated carbocycles. The molecule has 2 aromatic rings. The number of halogens is 2. The molecule has 2 rings (SSSR count). The van der Waals surface area contributed by atoms with Gasteiger partial charge in [0.25, 0.3) is 0 Å². The zero-order valence-electron chi connectivity index (χ0n) is 13.0. The van der Waals surface area contributed by atoms with Crippen molar-refractivity contribution >= 4 is 17.7 Å². The molecule has 2 aromatic carbocycles. The largest absolute Gasteiger partial charge is 0.492 e. The van der Waals surface area contributed by atoms with Crippen molar-refractivity contribution < 1.29 is 23.8 Å². The Morgan fingerprint density at radius 2 is 1.83 bits per heavy atom. The number of amides is 1. The van der Waals surface area contributed by atoms with E-state index in [4.69, 9.17) is 26.2 Å². The fourth-order valence-electron chi connectivity index (χ4n) is 1.99. The molecule has 0 aliphatic rings. The van der Waals surface area contributed by atoms with Gasteiger partial charge in [0, 0.05) is 17.6 Å². The Labute approximate surface area is 144 Å². The molecule has 128 valence electrons. The second-order valence-corrected chi connectivity index (χ2v) is 5.33. The van der Waals surface area contributed by atoms with Gasteiger partial charge < -0.3 is 19.5 Å². The summed E-state index contributed by atoms with van der Waals surface area (Å²) in [5.41, 5.74) is 0. The molecule has 0 atom stereocenters. The van der Waals surface area contributed by atoms with E-state index in [0.29, 0.717) is 23.8 Å². The Bertz CT molecular complexity index is 673. The molecule has 5 nitrogen and oxygen atoms in total. The van der Waals surface area contributed by atoms with Crippen LogP contribution in [0.2, 0.25) is 5.02 Å². The predicted octanol–water partition coefficient (Wildman–Crippen LogP) is 4.65.